The highest BCUT2D eigenvalue weighted by atomic mass is 19.2. The van der Waals surface area contributed by atoms with E-state index in [1.54, 1.807) is 12.1 Å². The molecule has 0 amide bonds. The van der Waals surface area contributed by atoms with E-state index in [-0.39, 0.29) is 23.0 Å². The van der Waals surface area contributed by atoms with Crippen molar-refractivity contribution in [2.24, 2.45) is 11.8 Å². The quantitative estimate of drug-likeness (QED) is 0.230. The van der Waals surface area contributed by atoms with Crippen molar-refractivity contribution in [3.05, 3.63) is 83.7 Å². The van der Waals surface area contributed by atoms with Gasteiger partial charge in [0.05, 0.1) is 0 Å². The summed E-state index contributed by atoms with van der Waals surface area (Å²) in [4.78, 5) is 0. The summed E-state index contributed by atoms with van der Waals surface area (Å²) < 4.78 is 46.0. The maximum absolute atomic E-state index is 15.4. The Balaban J connectivity index is 1.61. The van der Waals surface area contributed by atoms with E-state index in [2.05, 4.69) is 6.92 Å². The minimum atomic E-state index is -1.02. The molecule has 34 heavy (non-hydrogen) atoms. The van der Waals surface area contributed by atoms with E-state index in [0.717, 1.165) is 49.7 Å². The molecular weight excluding hydrogens is 429 g/mol. The summed E-state index contributed by atoms with van der Waals surface area (Å²) in [5.74, 6) is -2.28. The molecule has 3 atom stereocenters. The highest BCUT2D eigenvalue weighted by Gasteiger charge is 2.34. The van der Waals surface area contributed by atoms with E-state index < -0.39 is 17.5 Å². The van der Waals surface area contributed by atoms with Crippen LogP contribution in [0.5, 0.6) is 0 Å². The SMILES string of the molecule is CCCCCC1CCCCC1C(C)c1c(F)cc(-c2ccc(-c3ccccc3)cc2)c(F)c1F. The van der Waals surface area contributed by atoms with Crippen molar-refractivity contribution in [1.82, 2.24) is 0 Å². The lowest BCUT2D eigenvalue weighted by molar-refractivity contribution is 0.187. The number of hydrogen-bond acceptors (Lipinski definition) is 0. The number of hydrogen-bond donors (Lipinski definition) is 0. The van der Waals surface area contributed by atoms with Crippen molar-refractivity contribution in [2.75, 3.05) is 0 Å². The third-order valence-electron chi connectivity index (χ3n) is 7.74. The summed E-state index contributed by atoms with van der Waals surface area (Å²) in [5, 5.41) is 0. The van der Waals surface area contributed by atoms with E-state index in [9.17, 15) is 0 Å². The minimum Gasteiger partial charge on any atom is -0.207 e. The molecule has 0 saturated heterocycles. The van der Waals surface area contributed by atoms with Crippen molar-refractivity contribution < 1.29 is 13.2 Å². The lowest BCUT2D eigenvalue weighted by atomic mass is 9.69. The fourth-order valence-electron chi connectivity index (χ4n) is 5.83. The van der Waals surface area contributed by atoms with E-state index in [4.69, 9.17) is 0 Å². The predicted octanol–water partition coefficient (Wildman–Crippen LogP) is 9.93. The Morgan fingerprint density at radius 3 is 2.15 bits per heavy atom. The molecule has 1 aliphatic carbocycles. The Labute approximate surface area is 202 Å². The van der Waals surface area contributed by atoms with Gasteiger partial charge in [-0.2, -0.15) is 0 Å². The molecule has 180 valence electrons. The number of unbranched alkanes of at least 4 members (excludes halogenated alkanes) is 2. The molecule has 3 unspecified atom stereocenters. The monoisotopic (exact) mass is 464 g/mol. The third kappa shape index (κ3) is 5.24. The molecule has 3 aromatic carbocycles. The lowest BCUT2D eigenvalue weighted by Crippen LogP contribution is -2.26. The van der Waals surface area contributed by atoms with Crippen LogP contribution in [0.2, 0.25) is 0 Å². The maximum atomic E-state index is 15.4. The standard InChI is InChI=1S/C31H35F3/c1-3-4-6-13-24-14-9-10-15-26(24)21(2)29-28(32)20-27(30(33)31(29)34)25-18-16-23(17-19-25)22-11-7-5-8-12-22/h5,7-8,11-12,16-21,24,26H,3-4,6,9-10,13-15H2,1-2H3. The van der Waals surface area contributed by atoms with Crippen molar-refractivity contribution in [3.8, 4) is 22.3 Å². The molecular formula is C31H35F3. The second-order valence-corrected chi connectivity index (χ2v) is 9.88. The van der Waals surface area contributed by atoms with Gasteiger partial charge in [0.15, 0.2) is 11.6 Å². The number of rotatable bonds is 8. The summed E-state index contributed by atoms with van der Waals surface area (Å²) in [5.41, 5.74) is 2.40. The summed E-state index contributed by atoms with van der Waals surface area (Å²) in [7, 11) is 0. The third-order valence-corrected chi connectivity index (χ3v) is 7.74. The summed E-state index contributed by atoms with van der Waals surface area (Å²) in [6, 6.07) is 18.2. The first-order valence-electron chi connectivity index (χ1n) is 12.8. The fourth-order valence-corrected chi connectivity index (χ4v) is 5.83. The van der Waals surface area contributed by atoms with Crippen LogP contribution in [-0.4, -0.2) is 0 Å². The van der Waals surface area contributed by atoms with Gasteiger partial charge in [-0.25, -0.2) is 13.2 Å². The van der Waals surface area contributed by atoms with Crippen molar-refractivity contribution >= 4 is 0 Å². The predicted molar refractivity (Wildman–Crippen MR) is 135 cm³/mol. The molecule has 3 heteroatoms. The molecule has 0 N–H and O–H groups in total. The van der Waals surface area contributed by atoms with Crippen LogP contribution in [0.25, 0.3) is 22.3 Å². The van der Waals surface area contributed by atoms with Gasteiger partial charge in [0, 0.05) is 11.1 Å². The molecule has 1 saturated carbocycles. The van der Waals surface area contributed by atoms with Gasteiger partial charge in [-0.05, 0) is 46.9 Å². The first-order chi connectivity index (χ1) is 16.5. The zero-order valence-corrected chi connectivity index (χ0v) is 20.3. The van der Waals surface area contributed by atoms with Crippen molar-refractivity contribution in [3.63, 3.8) is 0 Å². The molecule has 0 radical (unpaired) electrons. The molecule has 3 aromatic rings. The van der Waals surface area contributed by atoms with Crippen LogP contribution in [0.3, 0.4) is 0 Å². The number of benzene rings is 3. The van der Waals surface area contributed by atoms with Gasteiger partial charge < -0.3 is 0 Å². The molecule has 0 aliphatic heterocycles. The van der Waals surface area contributed by atoms with Gasteiger partial charge >= 0.3 is 0 Å². The zero-order valence-electron chi connectivity index (χ0n) is 20.3. The Kier molecular flexibility index (Phi) is 8.13. The van der Waals surface area contributed by atoms with Crippen LogP contribution in [0.4, 0.5) is 13.2 Å². The van der Waals surface area contributed by atoms with Gasteiger partial charge in [0.25, 0.3) is 0 Å². The summed E-state index contributed by atoms with van der Waals surface area (Å²) >= 11 is 0. The maximum Gasteiger partial charge on any atom is 0.167 e. The second-order valence-electron chi connectivity index (χ2n) is 9.88. The van der Waals surface area contributed by atoms with Gasteiger partial charge in [-0.15, -0.1) is 0 Å². The van der Waals surface area contributed by atoms with E-state index in [1.165, 1.54) is 18.9 Å². The fraction of sp³-hybridized carbons (Fsp3) is 0.419. The summed E-state index contributed by atoms with van der Waals surface area (Å²) in [6.07, 6.45) is 8.93. The molecule has 0 spiro atoms. The zero-order chi connectivity index (χ0) is 24.1. The van der Waals surface area contributed by atoms with Crippen LogP contribution >= 0.6 is 0 Å². The van der Waals surface area contributed by atoms with Gasteiger partial charge in [0.2, 0.25) is 0 Å². The smallest absolute Gasteiger partial charge is 0.167 e. The second kappa shape index (κ2) is 11.3. The average Bonchev–Trinajstić information content (AvgIpc) is 2.87. The molecule has 1 aliphatic rings. The van der Waals surface area contributed by atoms with E-state index in [1.807, 2.05) is 49.4 Å². The Morgan fingerprint density at radius 1 is 0.794 bits per heavy atom. The van der Waals surface area contributed by atoms with Crippen LogP contribution in [-0.2, 0) is 0 Å². The van der Waals surface area contributed by atoms with E-state index in [0.29, 0.717) is 11.5 Å². The van der Waals surface area contributed by atoms with Gasteiger partial charge in [-0.1, -0.05) is 113 Å². The summed E-state index contributed by atoms with van der Waals surface area (Å²) in [6.45, 7) is 4.07. The number of halogens is 3. The van der Waals surface area contributed by atoms with Crippen molar-refractivity contribution in [1.29, 1.82) is 0 Å². The van der Waals surface area contributed by atoms with Crippen LogP contribution in [0.1, 0.15) is 76.7 Å². The Hall–Kier alpha value is -2.55. The molecule has 0 bridgehead atoms. The first-order valence-corrected chi connectivity index (χ1v) is 12.8. The van der Waals surface area contributed by atoms with Crippen LogP contribution in [0.15, 0.2) is 60.7 Å². The molecule has 1 fully saturated rings. The topological polar surface area (TPSA) is 0 Å². The molecule has 0 aromatic heterocycles. The van der Waals surface area contributed by atoms with Gasteiger partial charge in [-0.3, -0.25) is 0 Å². The minimum absolute atomic E-state index is 0.0197. The van der Waals surface area contributed by atoms with Gasteiger partial charge in [0.1, 0.15) is 5.82 Å². The molecule has 0 nitrogen and oxygen atoms in total. The lowest BCUT2D eigenvalue weighted by Gasteiger charge is -2.36. The van der Waals surface area contributed by atoms with E-state index >= 15 is 13.2 Å². The molecule has 0 heterocycles. The molecule has 4 rings (SSSR count). The van der Waals surface area contributed by atoms with Crippen LogP contribution < -0.4 is 0 Å². The largest absolute Gasteiger partial charge is 0.207 e. The van der Waals surface area contributed by atoms with Crippen molar-refractivity contribution in [2.45, 2.75) is 71.1 Å². The normalized spacial score (nSPS) is 19.2. The highest BCUT2D eigenvalue weighted by Crippen LogP contribution is 2.44. The Morgan fingerprint density at radius 2 is 1.44 bits per heavy atom. The average molecular weight is 465 g/mol. The highest BCUT2D eigenvalue weighted by molar-refractivity contribution is 5.71. The van der Waals surface area contributed by atoms with Crippen LogP contribution in [0, 0.1) is 29.3 Å². The first kappa shape index (κ1) is 24.6. The Bertz CT molecular complexity index is 1070.